The predicted molar refractivity (Wildman–Crippen MR) is 66.7 cm³/mol. The first kappa shape index (κ1) is 11.0. The van der Waals surface area contributed by atoms with Crippen LogP contribution >= 0.6 is 0 Å². The van der Waals surface area contributed by atoms with Gasteiger partial charge in [0.25, 0.3) is 0 Å². The highest BCUT2D eigenvalue weighted by Gasteiger charge is 2.53. The highest BCUT2D eigenvalue weighted by Crippen LogP contribution is 2.63. The second-order valence-electron chi connectivity index (χ2n) is 6.01. The second-order valence-corrected chi connectivity index (χ2v) is 6.01. The largest absolute Gasteiger partial charge is 0.0996 e. The smallest absolute Gasteiger partial charge is 0.0146 e. The van der Waals surface area contributed by atoms with Crippen LogP contribution in [0.1, 0.15) is 52.9 Å². The summed E-state index contributed by atoms with van der Waals surface area (Å²) in [6.07, 6.45) is 9.16. The van der Waals surface area contributed by atoms with Crippen molar-refractivity contribution in [1.29, 1.82) is 0 Å². The molecule has 0 saturated heterocycles. The summed E-state index contributed by atoms with van der Waals surface area (Å²) in [5.41, 5.74) is 3.60. The van der Waals surface area contributed by atoms with Gasteiger partial charge in [-0.1, -0.05) is 30.7 Å². The van der Waals surface area contributed by atoms with Crippen molar-refractivity contribution in [1.82, 2.24) is 0 Å². The topological polar surface area (TPSA) is 0 Å². The average molecular weight is 204 g/mol. The fourth-order valence-corrected chi connectivity index (χ4v) is 3.61. The molecule has 0 N–H and O–H groups in total. The summed E-state index contributed by atoms with van der Waals surface area (Å²) in [6, 6.07) is 0. The lowest BCUT2D eigenvalue weighted by molar-refractivity contribution is -0.0507. The average Bonchev–Trinajstić information content (AvgIpc) is 2.16. The van der Waals surface area contributed by atoms with Crippen LogP contribution in [0.5, 0.6) is 0 Å². The molecule has 15 heavy (non-hydrogen) atoms. The zero-order valence-electron chi connectivity index (χ0n) is 10.5. The molecule has 3 rings (SSSR count). The van der Waals surface area contributed by atoms with Crippen molar-refractivity contribution >= 4 is 0 Å². The van der Waals surface area contributed by atoms with Gasteiger partial charge < -0.3 is 0 Å². The van der Waals surface area contributed by atoms with Gasteiger partial charge >= 0.3 is 0 Å². The minimum absolute atomic E-state index is 0.598. The second kappa shape index (κ2) is 3.81. The van der Waals surface area contributed by atoms with Crippen LogP contribution in [-0.4, -0.2) is 0 Å². The van der Waals surface area contributed by atoms with Crippen LogP contribution < -0.4 is 0 Å². The van der Waals surface area contributed by atoms with Crippen molar-refractivity contribution in [3.05, 3.63) is 23.8 Å². The Morgan fingerprint density at radius 1 is 1.53 bits per heavy atom. The van der Waals surface area contributed by atoms with E-state index in [4.69, 9.17) is 0 Å². The molecule has 3 unspecified atom stereocenters. The number of allylic oxidation sites excluding steroid dienone is 3. The van der Waals surface area contributed by atoms with Gasteiger partial charge in [0.1, 0.15) is 0 Å². The molecule has 3 atom stereocenters. The quantitative estimate of drug-likeness (QED) is 0.583. The van der Waals surface area contributed by atoms with Crippen molar-refractivity contribution < 1.29 is 0 Å². The molecule has 0 aliphatic heterocycles. The van der Waals surface area contributed by atoms with Crippen molar-refractivity contribution in [3.63, 3.8) is 0 Å². The van der Waals surface area contributed by atoms with E-state index in [0.717, 1.165) is 11.8 Å². The first-order valence-electron chi connectivity index (χ1n) is 6.35. The summed E-state index contributed by atoms with van der Waals surface area (Å²) in [6.45, 7) is 11.1. The monoisotopic (exact) mass is 204 g/mol. The molecule has 0 radical (unpaired) electrons. The third-order valence-electron chi connectivity index (χ3n) is 4.79. The number of fused-ring (bicyclic) bond motifs is 2. The standard InChI is InChI=1S/C15H24/c1-11(2)6-5-9-15(4)13-8-7-12(3)14(15)10-13/h6,13-14H,3,5,7-10H2,1-2,4H3. The van der Waals surface area contributed by atoms with Crippen LogP contribution in [0, 0.1) is 17.3 Å². The Labute approximate surface area is 94.5 Å². The van der Waals surface area contributed by atoms with Gasteiger partial charge in [0.15, 0.2) is 0 Å². The molecule has 84 valence electrons. The zero-order valence-corrected chi connectivity index (χ0v) is 10.5. The molecule has 0 amide bonds. The summed E-state index contributed by atoms with van der Waals surface area (Å²) in [7, 11) is 0. The molecule has 3 saturated carbocycles. The molecule has 0 heteroatoms. The molecule has 3 fully saturated rings. The Balaban J connectivity index is 1.96. The minimum atomic E-state index is 0.598. The van der Waals surface area contributed by atoms with Crippen molar-refractivity contribution in [2.45, 2.75) is 52.9 Å². The van der Waals surface area contributed by atoms with Gasteiger partial charge in [0.05, 0.1) is 0 Å². The van der Waals surface area contributed by atoms with E-state index in [-0.39, 0.29) is 0 Å². The first-order valence-corrected chi connectivity index (χ1v) is 6.35. The summed E-state index contributed by atoms with van der Waals surface area (Å²) in [5, 5.41) is 0. The molecule has 0 aromatic heterocycles. The van der Waals surface area contributed by atoms with E-state index in [1.54, 1.807) is 0 Å². The van der Waals surface area contributed by atoms with Gasteiger partial charge in [-0.15, -0.1) is 0 Å². The fraction of sp³-hybridized carbons (Fsp3) is 0.733. The van der Waals surface area contributed by atoms with Crippen LogP contribution in [0.3, 0.4) is 0 Å². The van der Waals surface area contributed by atoms with Gasteiger partial charge in [-0.05, 0) is 63.2 Å². The van der Waals surface area contributed by atoms with E-state index in [1.165, 1.54) is 43.3 Å². The normalized spacial score (nSPS) is 38.5. The molecule has 0 aromatic rings. The maximum absolute atomic E-state index is 4.26. The van der Waals surface area contributed by atoms with E-state index in [0.29, 0.717) is 5.41 Å². The maximum Gasteiger partial charge on any atom is -0.0146 e. The van der Waals surface area contributed by atoms with Gasteiger partial charge in [-0.25, -0.2) is 0 Å². The molecule has 0 nitrogen and oxygen atoms in total. The molecular formula is C15H24. The summed E-state index contributed by atoms with van der Waals surface area (Å²) in [5.74, 6) is 1.85. The summed E-state index contributed by atoms with van der Waals surface area (Å²) < 4.78 is 0. The molecule has 2 bridgehead atoms. The molecule has 3 aliphatic carbocycles. The lowest BCUT2D eigenvalue weighted by Crippen LogP contribution is -2.50. The Kier molecular flexibility index (Phi) is 2.79. The first-order chi connectivity index (χ1) is 7.04. The van der Waals surface area contributed by atoms with Crippen molar-refractivity contribution in [2.75, 3.05) is 0 Å². The van der Waals surface area contributed by atoms with E-state index in [2.05, 4.69) is 33.4 Å². The molecule has 0 heterocycles. The molecule has 0 aromatic carbocycles. The van der Waals surface area contributed by atoms with Crippen LogP contribution in [0.2, 0.25) is 0 Å². The molecule has 3 aliphatic rings. The van der Waals surface area contributed by atoms with Crippen molar-refractivity contribution in [2.24, 2.45) is 17.3 Å². The van der Waals surface area contributed by atoms with Gasteiger partial charge in [-0.2, -0.15) is 0 Å². The summed E-state index contributed by atoms with van der Waals surface area (Å²) in [4.78, 5) is 0. The van der Waals surface area contributed by atoms with E-state index in [9.17, 15) is 0 Å². The zero-order chi connectivity index (χ0) is 11.1. The Hall–Kier alpha value is -0.520. The third-order valence-corrected chi connectivity index (χ3v) is 4.79. The molecular weight excluding hydrogens is 180 g/mol. The fourth-order valence-electron chi connectivity index (χ4n) is 3.61. The lowest BCUT2D eigenvalue weighted by Gasteiger charge is -2.59. The number of hydrogen-bond acceptors (Lipinski definition) is 0. The van der Waals surface area contributed by atoms with Crippen LogP contribution in [-0.2, 0) is 0 Å². The van der Waals surface area contributed by atoms with Crippen LogP contribution in [0.4, 0.5) is 0 Å². The Morgan fingerprint density at radius 2 is 2.27 bits per heavy atom. The van der Waals surface area contributed by atoms with Gasteiger partial charge in [0, 0.05) is 0 Å². The summed E-state index contributed by atoms with van der Waals surface area (Å²) >= 11 is 0. The number of hydrogen-bond donors (Lipinski definition) is 0. The highest BCUT2D eigenvalue weighted by atomic mass is 14.6. The minimum Gasteiger partial charge on any atom is -0.0996 e. The lowest BCUT2D eigenvalue weighted by atomic mass is 9.45. The Bertz CT molecular complexity index is 291. The third kappa shape index (κ3) is 1.79. The van der Waals surface area contributed by atoms with Gasteiger partial charge in [-0.3, -0.25) is 0 Å². The Morgan fingerprint density at radius 3 is 2.80 bits per heavy atom. The number of rotatable bonds is 3. The van der Waals surface area contributed by atoms with E-state index < -0.39 is 0 Å². The van der Waals surface area contributed by atoms with Crippen molar-refractivity contribution in [3.8, 4) is 0 Å². The van der Waals surface area contributed by atoms with Crippen LogP contribution in [0.25, 0.3) is 0 Å². The van der Waals surface area contributed by atoms with E-state index >= 15 is 0 Å². The van der Waals surface area contributed by atoms with Crippen LogP contribution in [0.15, 0.2) is 23.8 Å². The molecule has 0 spiro atoms. The maximum atomic E-state index is 4.26. The highest BCUT2D eigenvalue weighted by molar-refractivity contribution is 5.20. The predicted octanol–water partition coefficient (Wildman–Crippen LogP) is 4.73. The van der Waals surface area contributed by atoms with E-state index in [1.807, 2.05) is 0 Å². The SMILES string of the molecule is C=C1CCC2CC1C2(C)CCC=C(C)C. The van der Waals surface area contributed by atoms with Gasteiger partial charge in [0.2, 0.25) is 0 Å².